The molecule has 0 amide bonds. The molecule has 0 saturated carbocycles. The Morgan fingerprint density at radius 1 is 1.14 bits per heavy atom. The molecule has 0 radical (unpaired) electrons. The normalized spacial score (nSPS) is 10.5. The van der Waals surface area contributed by atoms with Gasteiger partial charge in [0.1, 0.15) is 10.5 Å². The highest BCUT2D eigenvalue weighted by atomic mass is 32.2. The summed E-state index contributed by atoms with van der Waals surface area (Å²) in [6.07, 6.45) is 0. The van der Waals surface area contributed by atoms with Crippen molar-refractivity contribution >= 4 is 51.3 Å². The Balaban J connectivity index is 2.45. The summed E-state index contributed by atoms with van der Waals surface area (Å²) in [6, 6.07) is 1.49. The average molecular weight is 344 g/mol. The average Bonchev–Trinajstić information content (AvgIpc) is 3.08. The van der Waals surface area contributed by atoms with Gasteiger partial charge in [-0.3, -0.25) is 4.79 Å². The molecule has 2 aromatic heterocycles. The number of esters is 3. The van der Waals surface area contributed by atoms with Gasteiger partial charge in [-0.2, -0.15) is 0 Å². The molecule has 0 saturated heterocycles. The minimum atomic E-state index is -0.657. The molecule has 0 unspecified atom stereocenters. The second kappa shape index (κ2) is 6.84. The molecule has 0 aliphatic carbocycles. The van der Waals surface area contributed by atoms with Crippen LogP contribution in [0.2, 0.25) is 0 Å². The lowest BCUT2D eigenvalue weighted by Crippen LogP contribution is -2.05. The van der Waals surface area contributed by atoms with Crippen LogP contribution in [0.4, 0.5) is 0 Å². The van der Waals surface area contributed by atoms with E-state index in [9.17, 15) is 14.4 Å². The van der Waals surface area contributed by atoms with Gasteiger partial charge in [0.2, 0.25) is 5.76 Å². The number of fused-ring (bicyclic) bond motifs is 1. The van der Waals surface area contributed by atoms with Crippen molar-refractivity contribution in [3.63, 3.8) is 0 Å². The summed E-state index contributed by atoms with van der Waals surface area (Å²) in [4.78, 5) is 35.4. The highest BCUT2D eigenvalue weighted by Gasteiger charge is 2.26. The zero-order chi connectivity index (χ0) is 16.3. The number of hydrogen-bond acceptors (Lipinski definition) is 9. The molecule has 0 aliphatic rings. The molecule has 9 heteroatoms. The van der Waals surface area contributed by atoms with Gasteiger partial charge in [0.15, 0.2) is 0 Å². The lowest BCUT2D eigenvalue weighted by molar-refractivity contribution is -0.137. The van der Waals surface area contributed by atoms with Gasteiger partial charge < -0.3 is 18.6 Å². The van der Waals surface area contributed by atoms with Crippen molar-refractivity contribution in [1.29, 1.82) is 0 Å². The molecule has 0 N–H and O–H groups in total. The van der Waals surface area contributed by atoms with Crippen LogP contribution in [-0.2, 0) is 19.0 Å². The molecule has 118 valence electrons. The van der Waals surface area contributed by atoms with Gasteiger partial charge in [0.05, 0.1) is 36.7 Å². The molecule has 2 aromatic rings. The monoisotopic (exact) mass is 344 g/mol. The van der Waals surface area contributed by atoms with Crippen molar-refractivity contribution in [2.24, 2.45) is 0 Å². The maximum Gasteiger partial charge on any atom is 0.375 e. The van der Waals surface area contributed by atoms with E-state index in [4.69, 9.17) is 4.42 Å². The third kappa shape index (κ3) is 3.09. The number of rotatable bonds is 5. The summed E-state index contributed by atoms with van der Waals surface area (Å²) in [5.41, 5.74) is 0.359. The van der Waals surface area contributed by atoms with Crippen LogP contribution in [0.5, 0.6) is 0 Å². The van der Waals surface area contributed by atoms with Crippen LogP contribution < -0.4 is 0 Å². The van der Waals surface area contributed by atoms with Gasteiger partial charge in [-0.05, 0) is 0 Å². The summed E-state index contributed by atoms with van der Waals surface area (Å²) >= 11 is 2.20. The molecule has 2 heterocycles. The van der Waals surface area contributed by atoms with Gasteiger partial charge in [0.25, 0.3) is 0 Å². The minimum absolute atomic E-state index is 0.000581. The Kier molecular flexibility index (Phi) is 5.09. The first kappa shape index (κ1) is 16.4. The standard InChI is InChI=1S/C13H12O7S2/c1-17-8(14)5-21-11-9(13(16)19-3)20-6-4-7(12(15)18-2)22-10(6)11/h4H,5H2,1-3H3. The first-order valence-electron chi connectivity index (χ1n) is 5.94. The number of ether oxygens (including phenoxy) is 3. The predicted octanol–water partition coefficient (Wildman–Crippen LogP) is 2.33. The number of carbonyl (C=O) groups is 3. The topological polar surface area (TPSA) is 92.0 Å². The summed E-state index contributed by atoms with van der Waals surface area (Å²) in [7, 11) is 3.78. The van der Waals surface area contributed by atoms with E-state index < -0.39 is 17.9 Å². The maximum absolute atomic E-state index is 11.8. The molecule has 0 bridgehead atoms. The molecule has 0 aliphatic heterocycles. The number of hydrogen-bond donors (Lipinski definition) is 0. The molecule has 0 atom stereocenters. The fourth-order valence-corrected chi connectivity index (χ4v) is 3.73. The second-order valence-electron chi connectivity index (χ2n) is 3.91. The zero-order valence-electron chi connectivity index (χ0n) is 12.0. The van der Waals surface area contributed by atoms with Crippen molar-refractivity contribution in [3.8, 4) is 0 Å². The fraction of sp³-hybridized carbons (Fsp3) is 0.308. The van der Waals surface area contributed by atoms with Crippen LogP contribution in [0.15, 0.2) is 15.4 Å². The molecule has 22 heavy (non-hydrogen) atoms. The quantitative estimate of drug-likeness (QED) is 0.464. The number of methoxy groups -OCH3 is 3. The third-order valence-electron chi connectivity index (χ3n) is 2.64. The van der Waals surface area contributed by atoms with Crippen molar-refractivity contribution < 1.29 is 33.0 Å². The number of thiophene rings is 1. The number of thioether (sulfide) groups is 1. The van der Waals surface area contributed by atoms with E-state index in [0.717, 1.165) is 23.1 Å². The molecule has 0 spiro atoms. The van der Waals surface area contributed by atoms with E-state index in [-0.39, 0.29) is 11.5 Å². The third-order valence-corrected chi connectivity index (χ3v) is 4.94. The highest BCUT2D eigenvalue weighted by molar-refractivity contribution is 8.00. The van der Waals surface area contributed by atoms with Crippen molar-refractivity contribution in [1.82, 2.24) is 0 Å². The van der Waals surface area contributed by atoms with Gasteiger partial charge in [-0.15, -0.1) is 23.1 Å². The Morgan fingerprint density at radius 3 is 2.41 bits per heavy atom. The lowest BCUT2D eigenvalue weighted by Gasteiger charge is -2.01. The molecule has 7 nitrogen and oxygen atoms in total. The van der Waals surface area contributed by atoms with E-state index in [1.807, 2.05) is 0 Å². The molecule has 0 fully saturated rings. The van der Waals surface area contributed by atoms with Crippen LogP contribution in [0.1, 0.15) is 20.2 Å². The first-order chi connectivity index (χ1) is 10.5. The van der Waals surface area contributed by atoms with Crippen LogP contribution in [0.25, 0.3) is 10.3 Å². The van der Waals surface area contributed by atoms with Gasteiger partial charge in [-0.25, -0.2) is 9.59 Å². The molecular formula is C13H12O7S2. The summed E-state index contributed by atoms with van der Waals surface area (Å²) in [6.45, 7) is 0. The second-order valence-corrected chi connectivity index (χ2v) is 5.95. The van der Waals surface area contributed by atoms with Gasteiger partial charge >= 0.3 is 17.9 Å². The van der Waals surface area contributed by atoms with Crippen LogP contribution in [0, 0.1) is 0 Å². The zero-order valence-corrected chi connectivity index (χ0v) is 13.6. The van der Waals surface area contributed by atoms with E-state index in [1.165, 1.54) is 27.4 Å². The summed E-state index contributed by atoms with van der Waals surface area (Å²) in [5, 5.41) is 0. The Hall–Kier alpha value is -2.00. The first-order valence-corrected chi connectivity index (χ1v) is 7.74. The molecule has 0 aromatic carbocycles. The highest BCUT2D eigenvalue weighted by Crippen LogP contribution is 2.40. The smallest absolute Gasteiger partial charge is 0.375 e. The maximum atomic E-state index is 11.8. The number of furan rings is 1. The van der Waals surface area contributed by atoms with E-state index in [2.05, 4.69) is 14.2 Å². The molecular weight excluding hydrogens is 332 g/mol. The van der Waals surface area contributed by atoms with E-state index in [1.54, 1.807) is 0 Å². The largest absolute Gasteiger partial charge is 0.468 e. The SMILES string of the molecule is COC(=O)CSc1c(C(=O)OC)oc2cc(C(=O)OC)sc12. The van der Waals surface area contributed by atoms with Gasteiger partial charge in [0, 0.05) is 6.07 Å². The Morgan fingerprint density at radius 2 is 1.82 bits per heavy atom. The molecule has 2 rings (SSSR count). The van der Waals surface area contributed by atoms with Crippen molar-refractivity contribution in [3.05, 3.63) is 16.7 Å². The fourth-order valence-electron chi connectivity index (χ4n) is 1.62. The Labute approximate surface area is 133 Å². The predicted molar refractivity (Wildman–Crippen MR) is 79.5 cm³/mol. The Bertz CT molecular complexity index is 728. The lowest BCUT2D eigenvalue weighted by atomic mass is 10.4. The van der Waals surface area contributed by atoms with Crippen LogP contribution in [0.3, 0.4) is 0 Å². The van der Waals surface area contributed by atoms with Crippen molar-refractivity contribution in [2.45, 2.75) is 4.90 Å². The van der Waals surface area contributed by atoms with E-state index in [0.29, 0.717) is 20.1 Å². The number of carbonyl (C=O) groups excluding carboxylic acids is 3. The van der Waals surface area contributed by atoms with E-state index >= 15 is 0 Å². The van der Waals surface area contributed by atoms with Crippen molar-refractivity contribution in [2.75, 3.05) is 27.1 Å². The summed E-state index contributed by atoms with van der Waals surface area (Å²) < 4.78 is 19.9. The van der Waals surface area contributed by atoms with Crippen LogP contribution >= 0.6 is 23.1 Å². The minimum Gasteiger partial charge on any atom is -0.468 e. The van der Waals surface area contributed by atoms with Gasteiger partial charge in [-0.1, -0.05) is 0 Å². The summed E-state index contributed by atoms with van der Waals surface area (Å²) in [5.74, 6) is -1.61. The van der Waals surface area contributed by atoms with Crippen LogP contribution in [-0.4, -0.2) is 45.0 Å².